The van der Waals surface area contributed by atoms with Crippen LogP contribution >= 0.6 is 0 Å². The average Bonchev–Trinajstić information content (AvgIpc) is 2.66. The van der Waals surface area contributed by atoms with Gasteiger partial charge in [-0.3, -0.25) is 0 Å². The normalized spacial score (nSPS) is 9.36. The largest absolute Gasteiger partial charge is 0.377 e. The van der Waals surface area contributed by atoms with Crippen LogP contribution in [0.15, 0.2) is 78.9 Å². The van der Waals surface area contributed by atoms with E-state index < -0.39 is 0 Å². The lowest BCUT2D eigenvalue weighted by Crippen LogP contribution is -2.09. The maximum absolute atomic E-state index is 3.26. The van der Waals surface area contributed by atoms with Crippen LogP contribution in [-0.2, 0) is 0 Å². The summed E-state index contributed by atoms with van der Waals surface area (Å²) in [4.78, 5) is 2.08. The summed E-state index contributed by atoms with van der Waals surface area (Å²) in [6.07, 6.45) is 0. The summed E-state index contributed by atoms with van der Waals surface area (Å²) in [5.41, 5.74) is 5.15. The highest BCUT2D eigenvalue weighted by Crippen LogP contribution is 2.16. The molecule has 3 rings (SSSR count). The highest BCUT2D eigenvalue weighted by molar-refractivity contribution is 5.61. The molecular formula is C24H19N. The summed E-state index contributed by atoms with van der Waals surface area (Å²) >= 11 is 0. The maximum atomic E-state index is 3.26. The topological polar surface area (TPSA) is 3.24 Å². The van der Waals surface area contributed by atoms with Crippen molar-refractivity contribution in [2.45, 2.75) is 0 Å². The maximum Gasteiger partial charge on any atom is 0.0520 e. The minimum Gasteiger partial charge on any atom is -0.377 e. The van der Waals surface area contributed by atoms with Crippen molar-refractivity contribution in [3.63, 3.8) is 0 Å². The Morgan fingerprint density at radius 3 is 1.60 bits per heavy atom. The molecule has 0 aliphatic rings. The average molecular weight is 321 g/mol. The summed E-state index contributed by atoms with van der Waals surface area (Å²) < 4.78 is 0. The highest BCUT2D eigenvalue weighted by atomic mass is 15.1. The Hall–Kier alpha value is -3.42. The van der Waals surface area contributed by atoms with Gasteiger partial charge >= 0.3 is 0 Å². The Morgan fingerprint density at radius 1 is 0.520 bits per heavy atom. The van der Waals surface area contributed by atoms with E-state index in [0.29, 0.717) is 0 Å². The second-order valence-electron chi connectivity index (χ2n) is 5.85. The molecule has 0 heterocycles. The summed E-state index contributed by atoms with van der Waals surface area (Å²) in [6.45, 7) is 0. The molecule has 3 aromatic carbocycles. The molecule has 0 aliphatic carbocycles. The fraction of sp³-hybridized carbons (Fsp3) is 0.0833. The van der Waals surface area contributed by atoms with Crippen molar-refractivity contribution in [1.82, 2.24) is 0 Å². The van der Waals surface area contributed by atoms with Crippen molar-refractivity contribution < 1.29 is 0 Å². The molecule has 0 aromatic heterocycles. The molecule has 0 amide bonds. The molecule has 0 saturated carbocycles. The molecule has 0 saturated heterocycles. The van der Waals surface area contributed by atoms with E-state index in [9.17, 15) is 0 Å². The van der Waals surface area contributed by atoms with Gasteiger partial charge in [-0.1, -0.05) is 54.0 Å². The Balaban J connectivity index is 1.78. The first kappa shape index (κ1) is 16.4. The zero-order chi connectivity index (χ0) is 17.5. The lowest BCUT2D eigenvalue weighted by molar-refractivity contribution is 1.13. The van der Waals surface area contributed by atoms with Gasteiger partial charge in [0.2, 0.25) is 0 Å². The summed E-state index contributed by atoms with van der Waals surface area (Å²) in [6, 6.07) is 26.2. The lowest BCUT2D eigenvalue weighted by Gasteiger charge is -2.13. The molecule has 0 bridgehead atoms. The number of anilines is 1. The monoisotopic (exact) mass is 321 g/mol. The van der Waals surface area contributed by atoms with Gasteiger partial charge in [0.05, 0.1) is 5.69 Å². The van der Waals surface area contributed by atoms with E-state index in [1.807, 2.05) is 86.9 Å². The second-order valence-corrected chi connectivity index (χ2v) is 5.85. The van der Waals surface area contributed by atoms with Crippen LogP contribution in [0.2, 0.25) is 0 Å². The fourth-order valence-corrected chi connectivity index (χ4v) is 2.41. The Bertz CT molecular complexity index is 960. The minimum atomic E-state index is 0.985. The first-order chi connectivity index (χ1) is 12.2. The van der Waals surface area contributed by atoms with Crippen molar-refractivity contribution in [1.29, 1.82) is 0 Å². The Kier molecular flexibility index (Phi) is 5.20. The first-order valence-corrected chi connectivity index (χ1v) is 8.18. The number of hydrogen-bond donors (Lipinski definition) is 0. The zero-order valence-corrected chi connectivity index (χ0v) is 14.5. The van der Waals surface area contributed by atoms with Gasteiger partial charge in [0.25, 0.3) is 0 Å². The van der Waals surface area contributed by atoms with Crippen LogP contribution in [0.25, 0.3) is 0 Å². The molecule has 0 fully saturated rings. The molecule has 1 nitrogen and oxygen atoms in total. The van der Waals surface area contributed by atoms with E-state index in [4.69, 9.17) is 0 Å². The molecule has 25 heavy (non-hydrogen) atoms. The number of benzene rings is 3. The van der Waals surface area contributed by atoms with E-state index in [1.165, 1.54) is 0 Å². The van der Waals surface area contributed by atoms with Crippen LogP contribution in [0.1, 0.15) is 22.3 Å². The Labute approximate surface area is 149 Å². The molecule has 120 valence electrons. The minimum absolute atomic E-state index is 0.985. The first-order valence-electron chi connectivity index (χ1n) is 8.18. The Morgan fingerprint density at radius 2 is 1.00 bits per heavy atom. The van der Waals surface area contributed by atoms with E-state index in [2.05, 4.69) is 34.6 Å². The molecule has 0 unspecified atom stereocenters. The van der Waals surface area contributed by atoms with Gasteiger partial charge < -0.3 is 4.90 Å². The fourth-order valence-electron chi connectivity index (χ4n) is 2.41. The van der Waals surface area contributed by atoms with E-state index in [1.54, 1.807) is 0 Å². The van der Waals surface area contributed by atoms with E-state index in [0.717, 1.165) is 27.9 Å². The van der Waals surface area contributed by atoms with Crippen LogP contribution < -0.4 is 4.90 Å². The smallest absolute Gasteiger partial charge is 0.0520 e. The van der Waals surface area contributed by atoms with E-state index >= 15 is 0 Å². The third-order valence-electron chi connectivity index (χ3n) is 3.74. The highest BCUT2D eigenvalue weighted by Gasteiger charge is 1.99. The molecule has 0 spiro atoms. The molecule has 0 N–H and O–H groups in total. The van der Waals surface area contributed by atoms with Gasteiger partial charge in [-0.15, -0.1) is 0 Å². The van der Waals surface area contributed by atoms with Crippen LogP contribution in [0, 0.1) is 23.7 Å². The van der Waals surface area contributed by atoms with E-state index in [-0.39, 0.29) is 0 Å². The predicted octanol–water partition coefficient (Wildman–Crippen LogP) is 4.55. The van der Waals surface area contributed by atoms with Crippen LogP contribution in [0.3, 0.4) is 0 Å². The summed E-state index contributed by atoms with van der Waals surface area (Å²) in [5.74, 6) is 12.8. The third kappa shape index (κ3) is 4.54. The summed E-state index contributed by atoms with van der Waals surface area (Å²) in [5, 5.41) is 0. The number of rotatable bonds is 1. The molecule has 0 atom stereocenters. The van der Waals surface area contributed by atoms with Gasteiger partial charge in [-0.05, 0) is 48.5 Å². The summed E-state index contributed by atoms with van der Waals surface area (Å²) in [7, 11) is 4.06. The number of hydrogen-bond acceptors (Lipinski definition) is 1. The van der Waals surface area contributed by atoms with Crippen LogP contribution in [-0.4, -0.2) is 14.1 Å². The molecule has 1 heteroatoms. The van der Waals surface area contributed by atoms with Crippen molar-refractivity contribution in [3.05, 3.63) is 101 Å². The zero-order valence-electron chi connectivity index (χ0n) is 14.5. The molecule has 0 aliphatic heterocycles. The van der Waals surface area contributed by atoms with Gasteiger partial charge in [0.1, 0.15) is 0 Å². The predicted molar refractivity (Wildman–Crippen MR) is 106 cm³/mol. The lowest BCUT2D eigenvalue weighted by atomic mass is 10.1. The van der Waals surface area contributed by atoms with Gasteiger partial charge in [-0.25, -0.2) is 0 Å². The van der Waals surface area contributed by atoms with Gasteiger partial charge in [0.15, 0.2) is 0 Å². The molecule has 0 radical (unpaired) electrons. The number of para-hydroxylation sites is 1. The molecule has 3 aromatic rings. The molecular weight excluding hydrogens is 302 g/mol. The second kappa shape index (κ2) is 7.91. The van der Waals surface area contributed by atoms with Crippen LogP contribution in [0.5, 0.6) is 0 Å². The van der Waals surface area contributed by atoms with Gasteiger partial charge in [0, 0.05) is 36.3 Å². The van der Waals surface area contributed by atoms with Crippen molar-refractivity contribution in [3.8, 4) is 23.7 Å². The third-order valence-corrected chi connectivity index (χ3v) is 3.74. The van der Waals surface area contributed by atoms with Crippen molar-refractivity contribution >= 4 is 5.69 Å². The quantitative estimate of drug-likeness (QED) is 0.594. The van der Waals surface area contributed by atoms with Crippen LogP contribution in [0.4, 0.5) is 5.69 Å². The van der Waals surface area contributed by atoms with Crippen molar-refractivity contribution in [2.75, 3.05) is 19.0 Å². The standard InChI is InChI=1S/C24H19N/c1-25(2)24-11-7-6-10-23(24)19-18-22-16-14-21(15-17-22)13-12-20-8-4-3-5-9-20/h3-11,14-17H,1-2H3. The van der Waals surface area contributed by atoms with Crippen molar-refractivity contribution in [2.24, 2.45) is 0 Å². The van der Waals surface area contributed by atoms with Gasteiger partial charge in [-0.2, -0.15) is 0 Å². The SMILES string of the molecule is CN(C)c1ccccc1C#Cc1ccc(C#Cc2ccccc2)cc1. The number of nitrogens with zero attached hydrogens (tertiary/aromatic N) is 1.